The maximum atomic E-state index is 13.0. The Morgan fingerprint density at radius 2 is 1.75 bits per heavy atom. The molecule has 4 aromatic rings. The average Bonchev–Trinajstić information content (AvgIpc) is 3.18. The van der Waals surface area contributed by atoms with Crippen molar-refractivity contribution in [2.45, 2.75) is 19.5 Å². The van der Waals surface area contributed by atoms with E-state index >= 15 is 0 Å². The number of halogens is 1. The zero-order valence-electron chi connectivity index (χ0n) is 18.1. The standard InChI is InChI=1S/C25H24ClN3O3/c1-16(27-25(30)17-12-13-22(31-2)23(14-17)32-3)24-28-20-10-6-7-11-21(20)29(24)15-18-8-4-5-9-19(18)26/h4-14,16H,15H2,1-3H3,(H,27,30). The molecule has 6 nitrogen and oxygen atoms in total. The van der Waals surface area contributed by atoms with Gasteiger partial charge in [0.25, 0.3) is 5.91 Å². The van der Waals surface area contributed by atoms with Gasteiger partial charge in [-0.15, -0.1) is 0 Å². The zero-order valence-corrected chi connectivity index (χ0v) is 18.9. The Morgan fingerprint density at radius 3 is 2.50 bits per heavy atom. The molecule has 1 atom stereocenters. The van der Waals surface area contributed by atoms with Gasteiger partial charge in [-0.1, -0.05) is 41.9 Å². The van der Waals surface area contributed by atoms with Crippen LogP contribution in [-0.2, 0) is 6.54 Å². The van der Waals surface area contributed by atoms with Crippen molar-refractivity contribution in [2.24, 2.45) is 0 Å². The van der Waals surface area contributed by atoms with Gasteiger partial charge in [0.15, 0.2) is 11.5 Å². The lowest BCUT2D eigenvalue weighted by Gasteiger charge is -2.17. The molecule has 0 radical (unpaired) electrons. The lowest BCUT2D eigenvalue weighted by Crippen LogP contribution is -2.29. The van der Waals surface area contributed by atoms with Crippen molar-refractivity contribution in [1.82, 2.24) is 14.9 Å². The molecular weight excluding hydrogens is 426 g/mol. The summed E-state index contributed by atoms with van der Waals surface area (Å²) in [5.74, 6) is 1.59. The second kappa shape index (κ2) is 9.32. The first-order chi connectivity index (χ1) is 15.5. The van der Waals surface area contributed by atoms with Crippen molar-refractivity contribution in [2.75, 3.05) is 14.2 Å². The predicted molar refractivity (Wildman–Crippen MR) is 126 cm³/mol. The van der Waals surface area contributed by atoms with Crippen LogP contribution in [0.5, 0.6) is 11.5 Å². The van der Waals surface area contributed by atoms with E-state index in [9.17, 15) is 4.79 Å². The Balaban J connectivity index is 1.66. The number of hydrogen-bond donors (Lipinski definition) is 1. The van der Waals surface area contributed by atoms with Crippen molar-refractivity contribution in [3.05, 3.63) is 88.7 Å². The fraction of sp³-hybridized carbons (Fsp3) is 0.200. The number of nitrogens with zero attached hydrogens (tertiary/aromatic N) is 2. The molecule has 0 saturated carbocycles. The third-order valence-corrected chi connectivity index (χ3v) is 5.72. The first-order valence-electron chi connectivity index (χ1n) is 10.2. The summed E-state index contributed by atoms with van der Waals surface area (Å²) in [4.78, 5) is 17.8. The zero-order chi connectivity index (χ0) is 22.7. The quantitative estimate of drug-likeness (QED) is 0.418. The molecule has 7 heteroatoms. The molecule has 32 heavy (non-hydrogen) atoms. The number of amides is 1. The van der Waals surface area contributed by atoms with Crippen molar-refractivity contribution in [1.29, 1.82) is 0 Å². The Labute approximate surface area is 191 Å². The van der Waals surface area contributed by atoms with Crippen molar-refractivity contribution < 1.29 is 14.3 Å². The van der Waals surface area contributed by atoms with E-state index in [-0.39, 0.29) is 11.9 Å². The molecule has 0 aliphatic heterocycles. The normalized spacial score (nSPS) is 11.9. The minimum atomic E-state index is -0.342. The Morgan fingerprint density at radius 1 is 1.03 bits per heavy atom. The summed E-state index contributed by atoms with van der Waals surface area (Å²) in [7, 11) is 3.10. The van der Waals surface area contributed by atoms with Gasteiger partial charge in [0.1, 0.15) is 5.82 Å². The number of hydrogen-bond acceptors (Lipinski definition) is 4. The van der Waals surface area contributed by atoms with E-state index in [1.54, 1.807) is 32.4 Å². The lowest BCUT2D eigenvalue weighted by atomic mass is 10.1. The van der Waals surface area contributed by atoms with Gasteiger partial charge in [-0.3, -0.25) is 4.79 Å². The number of fused-ring (bicyclic) bond motifs is 1. The number of ether oxygens (including phenoxy) is 2. The van der Waals surface area contributed by atoms with E-state index in [0.717, 1.165) is 22.4 Å². The molecule has 1 N–H and O–H groups in total. The Kier molecular flexibility index (Phi) is 6.32. The maximum absolute atomic E-state index is 13.0. The van der Waals surface area contributed by atoms with E-state index in [1.807, 2.05) is 55.5 Å². The van der Waals surface area contributed by atoms with Crippen LogP contribution in [0.25, 0.3) is 11.0 Å². The molecule has 1 aromatic heterocycles. The number of benzene rings is 3. The monoisotopic (exact) mass is 449 g/mol. The van der Waals surface area contributed by atoms with Crippen LogP contribution in [0.2, 0.25) is 5.02 Å². The highest BCUT2D eigenvalue weighted by atomic mass is 35.5. The minimum Gasteiger partial charge on any atom is -0.493 e. The number of carbonyl (C=O) groups is 1. The topological polar surface area (TPSA) is 65.4 Å². The number of rotatable bonds is 7. The summed E-state index contributed by atoms with van der Waals surface area (Å²) in [5.41, 5.74) is 3.30. The number of imidazole rings is 1. The number of methoxy groups -OCH3 is 2. The first kappa shape index (κ1) is 21.7. The highest BCUT2D eigenvalue weighted by molar-refractivity contribution is 6.31. The average molecular weight is 450 g/mol. The van der Waals surface area contributed by atoms with Gasteiger partial charge in [-0.05, 0) is 48.9 Å². The molecule has 0 aliphatic carbocycles. The third kappa shape index (κ3) is 4.27. The third-order valence-electron chi connectivity index (χ3n) is 5.35. The second-order valence-electron chi connectivity index (χ2n) is 7.40. The maximum Gasteiger partial charge on any atom is 0.251 e. The molecule has 3 aromatic carbocycles. The summed E-state index contributed by atoms with van der Waals surface area (Å²) in [6.07, 6.45) is 0. The van der Waals surface area contributed by atoms with Crippen LogP contribution >= 0.6 is 11.6 Å². The summed E-state index contributed by atoms with van der Waals surface area (Å²) >= 11 is 6.42. The predicted octanol–water partition coefficient (Wildman–Crippen LogP) is 5.25. The molecule has 1 heterocycles. The summed E-state index contributed by atoms with van der Waals surface area (Å²) in [6, 6.07) is 20.4. The van der Waals surface area contributed by atoms with Crippen LogP contribution < -0.4 is 14.8 Å². The van der Waals surface area contributed by atoms with Gasteiger partial charge < -0.3 is 19.4 Å². The molecule has 0 saturated heterocycles. The van der Waals surface area contributed by atoms with Gasteiger partial charge in [-0.25, -0.2) is 4.98 Å². The molecule has 4 rings (SSSR count). The molecule has 164 valence electrons. The Bertz CT molecular complexity index is 1270. The summed E-state index contributed by atoms with van der Waals surface area (Å²) in [5, 5.41) is 3.74. The van der Waals surface area contributed by atoms with Crippen LogP contribution in [0.15, 0.2) is 66.7 Å². The first-order valence-corrected chi connectivity index (χ1v) is 10.6. The van der Waals surface area contributed by atoms with Crippen molar-refractivity contribution in [3.8, 4) is 11.5 Å². The van der Waals surface area contributed by atoms with Crippen LogP contribution in [-0.4, -0.2) is 29.7 Å². The van der Waals surface area contributed by atoms with Gasteiger partial charge in [0, 0.05) is 10.6 Å². The fourth-order valence-corrected chi connectivity index (χ4v) is 3.91. The van der Waals surface area contributed by atoms with E-state index < -0.39 is 0 Å². The van der Waals surface area contributed by atoms with Crippen LogP contribution in [0.3, 0.4) is 0 Å². The molecule has 1 amide bonds. The van der Waals surface area contributed by atoms with Gasteiger partial charge in [-0.2, -0.15) is 0 Å². The van der Waals surface area contributed by atoms with Crippen LogP contribution in [0.1, 0.15) is 34.7 Å². The molecular formula is C25H24ClN3O3. The summed E-state index contributed by atoms with van der Waals surface area (Å²) in [6.45, 7) is 2.47. The van der Waals surface area contributed by atoms with Gasteiger partial charge in [0.2, 0.25) is 0 Å². The molecule has 0 spiro atoms. The Hall–Kier alpha value is -3.51. The number of para-hydroxylation sites is 2. The molecule has 1 unspecified atom stereocenters. The van der Waals surface area contributed by atoms with Gasteiger partial charge >= 0.3 is 0 Å². The molecule has 0 bridgehead atoms. The highest BCUT2D eigenvalue weighted by Gasteiger charge is 2.20. The largest absolute Gasteiger partial charge is 0.493 e. The molecule has 0 aliphatic rings. The van der Waals surface area contributed by atoms with E-state index in [2.05, 4.69) is 9.88 Å². The van der Waals surface area contributed by atoms with Crippen molar-refractivity contribution in [3.63, 3.8) is 0 Å². The smallest absolute Gasteiger partial charge is 0.251 e. The highest BCUT2D eigenvalue weighted by Crippen LogP contribution is 2.28. The number of nitrogens with one attached hydrogen (secondary N) is 1. The lowest BCUT2D eigenvalue weighted by molar-refractivity contribution is 0.0937. The minimum absolute atomic E-state index is 0.227. The van der Waals surface area contributed by atoms with E-state index in [1.165, 1.54) is 0 Å². The SMILES string of the molecule is COc1ccc(C(=O)NC(C)c2nc3ccccc3n2Cc2ccccc2Cl)cc1OC. The van der Waals surface area contributed by atoms with E-state index in [4.69, 9.17) is 26.1 Å². The van der Waals surface area contributed by atoms with Gasteiger partial charge in [0.05, 0.1) is 37.8 Å². The fourth-order valence-electron chi connectivity index (χ4n) is 3.71. The second-order valence-corrected chi connectivity index (χ2v) is 7.81. The van der Waals surface area contributed by atoms with Crippen LogP contribution in [0.4, 0.5) is 0 Å². The van der Waals surface area contributed by atoms with E-state index in [0.29, 0.717) is 28.6 Å². The van der Waals surface area contributed by atoms with Crippen LogP contribution in [0, 0.1) is 0 Å². The summed E-state index contributed by atoms with van der Waals surface area (Å²) < 4.78 is 12.7. The molecule has 0 fully saturated rings. The number of aromatic nitrogens is 2. The van der Waals surface area contributed by atoms with Crippen molar-refractivity contribution >= 4 is 28.5 Å². The number of carbonyl (C=O) groups excluding carboxylic acids is 1.